The molecule has 0 saturated carbocycles. The molecule has 2 saturated heterocycles. The predicted octanol–water partition coefficient (Wildman–Crippen LogP) is 2.24. The maximum Gasteiger partial charge on any atom is 0.242 e. The minimum Gasteiger partial charge on any atom is -0.345 e. The highest BCUT2D eigenvalue weighted by molar-refractivity contribution is 5.83. The molecule has 6 heteroatoms. The molecule has 4 rings (SSSR count). The van der Waals surface area contributed by atoms with Crippen LogP contribution in [0.3, 0.4) is 0 Å². The number of hydrogen-bond donors (Lipinski definition) is 0. The van der Waals surface area contributed by atoms with Crippen molar-refractivity contribution in [3.05, 3.63) is 30.1 Å². The molecular formula is C20H26N4O2. The fraction of sp³-hybridized carbons (Fsp3) is 0.550. The SMILES string of the molecule is CC1CCN(C(=O)Cn2c(C3CC(=O)N(C)C3)nc3ccccc32)CC1. The summed E-state index contributed by atoms with van der Waals surface area (Å²) in [5, 5.41) is 0. The second-order valence-electron chi connectivity index (χ2n) is 7.78. The maximum absolute atomic E-state index is 12.9. The number of carbonyl (C=O) groups is 2. The molecule has 0 N–H and O–H groups in total. The lowest BCUT2D eigenvalue weighted by molar-refractivity contribution is -0.133. The lowest BCUT2D eigenvalue weighted by Gasteiger charge is -2.30. The third-order valence-electron chi connectivity index (χ3n) is 5.82. The van der Waals surface area contributed by atoms with E-state index in [1.54, 1.807) is 4.90 Å². The zero-order chi connectivity index (χ0) is 18.3. The summed E-state index contributed by atoms with van der Waals surface area (Å²) in [7, 11) is 1.83. The molecule has 2 aliphatic heterocycles. The molecule has 2 aromatic rings. The van der Waals surface area contributed by atoms with E-state index >= 15 is 0 Å². The number of aromatic nitrogens is 2. The van der Waals surface area contributed by atoms with Crippen molar-refractivity contribution < 1.29 is 9.59 Å². The fourth-order valence-electron chi connectivity index (χ4n) is 4.10. The molecule has 0 aliphatic carbocycles. The number of likely N-dealkylation sites (N-methyl/N-ethyl adjacent to an activating group) is 1. The molecule has 1 atom stereocenters. The zero-order valence-corrected chi connectivity index (χ0v) is 15.5. The average molecular weight is 354 g/mol. The monoisotopic (exact) mass is 354 g/mol. The molecule has 1 unspecified atom stereocenters. The third kappa shape index (κ3) is 3.08. The summed E-state index contributed by atoms with van der Waals surface area (Å²) in [6, 6.07) is 7.92. The van der Waals surface area contributed by atoms with Gasteiger partial charge in [-0.1, -0.05) is 19.1 Å². The van der Waals surface area contributed by atoms with Crippen LogP contribution in [-0.4, -0.2) is 57.8 Å². The molecule has 0 spiro atoms. The van der Waals surface area contributed by atoms with Crippen molar-refractivity contribution >= 4 is 22.8 Å². The molecule has 1 aromatic heterocycles. The summed E-state index contributed by atoms with van der Waals surface area (Å²) in [5.41, 5.74) is 1.87. The first kappa shape index (κ1) is 17.1. The number of benzene rings is 1. The Balaban J connectivity index is 1.63. The standard InChI is InChI=1S/C20H26N4O2/c1-14-7-9-23(10-8-14)19(26)13-24-17-6-4-3-5-16(17)21-20(24)15-11-18(25)22(2)12-15/h3-6,14-15H,7-13H2,1-2H3. The molecule has 2 amide bonds. The van der Waals surface area contributed by atoms with Crippen LogP contribution in [0.1, 0.15) is 37.9 Å². The molecule has 2 fully saturated rings. The Labute approximate surface area is 153 Å². The Bertz CT molecular complexity index is 835. The van der Waals surface area contributed by atoms with Crippen molar-refractivity contribution in [2.45, 2.75) is 38.6 Å². The summed E-state index contributed by atoms with van der Waals surface area (Å²) in [6.45, 7) is 4.90. The highest BCUT2D eigenvalue weighted by Crippen LogP contribution is 2.30. The van der Waals surface area contributed by atoms with Gasteiger partial charge < -0.3 is 14.4 Å². The molecule has 0 bridgehead atoms. The Morgan fingerprint density at radius 1 is 1.23 bits per heavy atom. The van der Waals surface area contributed by atoms with Crippen molar-refractivity contribution in [3.63, 3.8) is 0 Å². The summed E-state index contributed by atoms with van der Waals surface area (Å²) in [6.07, 6.45) is 2.62. The second-order valence-corrected chi connectivity index (χ2v) is 7.78. The number of nitrogens with zero attached hydrogens (tertiary/aromatic N) is 4. The second kappa shape index (κ2) is 6.74. The highest BCUT2D eigenvalue weighted by Gasteiger charge is 2.32. The van der Waals surface area contributed by atoms with Gasteiger partial charge in [-0.15, -0.1) is 0 Å². The van der Waals surface area contributed by atoms with Gasteiger partial charge in [0.15, 0.2) is 0 Å². The summed E-state index contributed by atoms with van der Waals surface area (Å²) in [4.78, 5) is 33.4. The van der Waals surface area contributed by atoms with Gasteiger partial charge in [0.2, 0.25) is 11.8 Å². The first-order valence-corrected chi connectivity index (χ1v) is 9.50. The normalized spacial score (nSPS) is 21.8. The quantitative estimate of drug-likeness (QED) is 0.849. The Kier molecular flexibility index (Phi) is 4.42. The van der Waals surface area contributed by atoms with Crippen molar-refractivity contribution in [2.24, 2.45) is 5.92 Å². The van der Waals surface area contributed by atoms with Crippen LogP contribution in [0.4, 0.5) is 0 Å². The molecule has 2 aliphatic rings. The molecule has 6 nitrogen and oxygen atoms in total. The topological polar surface area (TPSA) is 58.4 Å². The first-order chi connectivity index (χ1) is 12.5. The molecule has 26 heavy (non-hydrogen) atoms. The molecule has 3 heterocycles. The average Bonchev–Trinajstić information content (AvgIpc) is 3.16. The van der Waals surface area contributed by atoms with Gasteiger partial charge in [-0.05, 0) is 30.9 Å². The van der Waals surface area contributed by atoms with E-state index in [0.717, 1.165) is 42.8 Å². The number of imidazole rings is 1. The van der Waals surface area contributed by atoms with Crippen LogP contribution >= 0.6 is 0 Å². The number of piperidine rings is 1. The summed E-state index contributed by atoms with van der Waals surface area (Å²) >= 11 is 0. The molecule has 1 aromatic carbocycles. The number of carbonyl (C=O) groups excluding carboxylic acids is 2. The maximum atomic E-state index is 12.9. The number of hydrogen-bond acceptors (Lipinski definition) is 3. The van der Waals surface area contributed by atoms with E-state index in [2.05, 4.69) is 6.92 Å². The van der Waals surface area contributed by atoms with Crippen LogP contribution in [0, 0.1) is 5.92 Å². The van der Waals surface area contributed by atoms with Crippen LogP contribution in [0.15, 0.2) is 24.3 Å². The van der Waals surface area contributed by atoms with E-state index in [4.69, 9.17) is 4.98 Å². The van der Waals surface area contributed by atoms with Gasteiger partial charge >= 0.3 is 0 Å². The largest absolute Gasteiger partial charge is 0.345 e. The number of amides is 2. The number of likely N-dealkylation sites (tertiary alicyclic amines) is 2. The van der Waals surface area contributed by atoms with Gasteiger partial charge in [-0.25, -0.2) is 4.98 Å². The highest BCUT2D eigenvalue weighted by atomic mass is 16.2. The van der Waals surface area contributed by atoms with Crippen molar-refractivity contribution in [1.29, 1.82) is 0 Å². The Morgan fingerprint density at radius 2 is 1.96 bits per heavy atom. The van der Waals surface area contributed by atoms with Crippen LogP contribution in [-0.2, 0) is 16.1 Å². The van der Waals surface area contributed by atoms with E-state index in [1.165, 1.54) is 0 Å². The number of fused-ring (bicyclic) bond motifs is 1. The number of para-hydroxylation sites is 2. The van der Waals surface area contributed by atoms with Crippen LogP contribution in [0.2, 0.25) is 0 Å². The number of rotatable bonds is 3. The van der Waals surface area contributed by atoms with E-state index in [0.29, 0.717) is 25.4 Å². The lowest BCUT2D eigenvalue weighted by Crippen LogP contribution is -2.40. The van der Waals surface area contributed by atoms with Crippen LogP contribution < -0.4 is 0 Å². The fourth-order valence-corrected chi connectivity index (χ4v) is 4.10. The predicted molar refractivity (Wildman–Crippen MR) is 99.7 cm³/mol. The van der Waals surface area contributed by atoms with Crippen molar-refractivity contribution in [3.8, 4) is 0 Å². The van der Waals surface area contributed by atoms with E-state index < -0.39 is 0 Å². The van der Waals surface area contributed by atoms with Crippen LogP contribution in [0.25, 0.3) is 11.0 Å². The summed E-state index contributed by atoms with van der Waals surface area (Å²) < 4.78 is 2.03. The summed E-state index contributed by atoms with van der Waals surface area (Å²) in [5.74, 6) is 1.91. The van der Waals surface area contributed by atoms with E-state index in [-0.39, 0.29) is 17.7 Å². The zero-order valence-electron chi connectivity index (χ0n) is 15.5. The Hall–Kier alpha value is -2.37. The minimum absolute atomic E-state index is 0.0501. The Morgan fingerprint density at radius 3 is 2.65 bits per heavy atom. The molecule has 138 valence electrons. The molecule has 0 radical (unpaired) electrons. The van der Waals surface area contributed by atoms with Gasteiger partial charge in [-0.3, -0.25) is 9.59 Å². The van der Waals surface area contributed by atoms with Gasteiger partial charge in [0, 0.05) is 39.0 Å². The minimum atomic E-state index is 0.0501. The van der Waals surface area contributed by atoms with Crippen molar-refractivity contribution in [1.82, 2.24) is 19.4 Å². The smallest absolute Gasteiger partial charge is 0.242 e. The molecular weight excluding hydrogens is 328 g/mol. The van der Waals surface area contributed by atoms with Crippen LogP contribution in [0.5, 0.6) is 0 Å². The van der Waals surface area contributed by atoms with Gasteiger partial charge in [0.05, 0.1) is 11.0 Å². The third-order valence-corrected chi connectivity index (χ3v) is 5.82. The van der Waals surface area contributed by atoms with Gasteiger partial charge in [0.25, 0.3) is 0 Å². The van der Waals surface area contributed by atoms with Gasteiger partial charge in [-0.2, -0.15) is 0 Å². The van der Waals surface area contributed by atoms with E-state index in [1.807, 2.05) is 40.8 Å². The first-order valence-electron chi connectivity index (χ1n) is 9.50. The lowest BCUT2D eigenvalue weighted by atomic mass is 9.99. The van der Waals surface area contributed by atoms with Gasteiger partial charge in [0.1, 0.15) is 12.4 Å². The van der Waals surface area contributed by atoms with E-state index in [9.17, 15) is 9.59 Å². The van der Waals surface area contributed by atoms with Crippen molar-refractivity contribution in [2.75, 3.05) is 26.7 Å².